The molecule has 0 spiro atoms. The molecule has 1 amide bonds. The smallest absolute Gasteiger partial charge is 0.406 e. The van der Waals surface area contributed by atoms with E-state index in [4.69, 9.17) is 4.74 Å². The van der Waals surface area contributed by atoms with Crippen LogP contribution in [0, 0.1) is 6.92 Å². The maximum atomic E-state index is 12.3. The second-order valence-electron chi connectivity index (χ2n) is 5.27. The molecule has 9 heteroatoms. The van der Waals surface area contributed by atoms with Gasteiger partial charge in [-0.15, -0.1) is 22.7 Å². The summed E-state index contributed by atoms with van der Waals surface area (Å²) in [6.07, 6.45) is -4.43. The first-order valence-electron chi connectivity index (χ1n) is 6.95. The Morgan fingerprint density at radius 3 is 2.88 bits per heavy atom. The lowest BCUT2D eigenvalue weighted by Crippen LogP contribution is -2.38. The number of ether oxygens (including phenoxy) is 1. The Labute approximate surface area is 143 Å². The molecule has 1 aromatic carbocycles. The molecular weight excluding hydrogens is 361 g/mol. The number of carbonyl (C=O) groups excluding carboxylic acids is 1. The minimum absolute atomic E-state index is 0.444. The Balaban J connectivity index is 1.82. The lowest BCUT2D eigenvalue weighted by atomic mass is 10.2. The number of carbonyl (C=O) groups is 1. The van der Waals surface area contributed by atoms with Crippen LogP contribution in [0.5, 0.6) is 5.75 Å². The molecular formula is C15H13F3N2O2S2. The number of thiazole rings is 1. The summed E-state index contributed by atoms with van der Waals surface area (Å²) in [5, 5.41) is 3.62. The second kappa shape index (κ2) is 6.21. The van der Waals surface area contributed by atoms with Crippen LogP contribution in [0.2, 0.25) is 0 Å². The number of fused-ring (bicyclic) bond motifs is 3. The van der Waals surface area contributed by atoms with Crippen LogP contribution in [0.15, 0.2) is 17.5 Å². The van der Waals surface area contributed by atoms with Gasteiger partial charge in [0.15, 0.2) is 6.61 Å². The fraction of sp³-hybridized carbons (Fsp3) is 0.333. The number of aromatic nitrogens is 1. The Morgan fingerprint density at radius 2 is 2.17 bits per heavy atom. The van der Waals surface area contributed by atoms with Gasteiger partial charge in [0.25, 0.3) is 5.91 Å². The summed E-state index contributed by atoms with van der Waals surface area (Å²) in [6.45, 7) is 0.164. The molecule has 3 aromatic rings. The number of amides is 1. The van der Waals surface area contributed by atoms with Crippen LogP contribution in [-0.4, -0.2) is 42.2 Å². The van der Waals surface area contributed by atoms with E-state index in [9.17, 15) is 18.0 Å². The van der Waals surface area contributed by atoms with Crippen molar-refractivity contribution >= 4 is 48.9 Å². The number of aryl methyl sites for hydroxylation is 1. The normalized spacial score (nSPS) is 12.0. The van der Waals surface area contributed by atoms with Crippen molar-refractivity contribution in [3.63, 3.8) is 0 Å². The SMILES string of the molecule is Cc1nc2c(cc(OCC(=O)N(C)CC(F)(F)F)c3ccsc32)s1. The van der Waals surface area contributed by atoms with Gasteiger partial charge in [0, 0.05) is 18.5 Å². The van der Waals surface area contributed by atoms with E-state index < -0.39 is 25.2 Å². The number of halogens is 3. The van der Waals surface area contributed by atoms with Gasteiger partial charge in [0.1, 0.15) is 12.3 Å². The van der Waals surface area contributed by atoms with Crippen LogP contribution in [0.1, 0.15) is 5.01 Å². The van der Waals surface area contributed by atoms with E-state index in [0.717, 1.165) is 32.4 Å². The van der Waals surface area contributed by atoms with Gasteiger partial charge in [-0.3, -0.25) is 4.79 Å². The summed E-state index contributed by atoms with van der Waals surface area (Å²) in [6, 6.07) is 3.64. The predicted octanol–water partition coefficient (Wildman–Crippen LogP) is 4.22. The largest absolute Gasteiger partial charge is 0.483 e. The maximum Gasteiger partial charge on any atom is 0.406 e. The first-order valence-corrected chi connectivity index (χ1v) is 8.65. The van der Waals surface area contributed by atoms with Gasteiger partial charge in [-0.25, -0.2) is 4.98 Å². The molecule has 4 nitrogen and oxygen atoms in total. The minimum Gasteiger partial charge on any atom is -0.483 e. The number of hydrogen-bond acceptors (Lipinski definition) is 5. The molecule has 3 rings (SSSR count). The van der Waals surface area contributed by atoms with Crippen LogP contribution in [0.4, 0.5) is 13.2 Å². The summed E-state index contributed by atoms with van der Waals surface area (Å²) in [5.41, 5.74) is 0.885. The molecule has 24 heavy (non-hydrogen) atoms. The number of likely N-dealkylation sites (N-methyl/N-ethyl adjacent to an activating group) is 1. The minimum atomic E-state index is -4.43. The quantitative estimate of drug-likeness (QED) is 0.687. The van der Waals surface area contributed by atoms with Crippen molar-refractivity contribution in [1.29, 1.82) is 0 Å². The first kappa shape index (κ1) is 17.0. The summed E-state index contributed by atoms with van der Waals surface area (Å²) < 4.78 is 44.4. The van der Waals surface area contributed by atoms with Gasteiger partial charge in [-0.2, -0.15) is 13.2 Å². The van der Waals surface area contributed by atoms with E-state index in [1.807, 2.05) is 18.4 Å². The fourth-order valence-electron chi connectivity index (χ4n) is 2.31. The van der Waals surface area contributed by atoms with Gasteiger partial charge in [-0.1, -0.05) is 0 Å². The summed E-state index contributed by atoms with van der Waals surface area (Å²) in [4.78, 5) is 16.9. The van der Waals surface area contributed by atoms with Crippen LogP contribution in [0.3, 0.4) is 0 Å². The fourth-order valence-corrected chi connectivity index (χ4v) is 4.15. The number of thiophene rings is 1. The van der Waals surface area contributed by atoms with E-state index in [1.165, 1.54) is 22.7 Å². The molecule has 0 fully saturated rings. The van der Waals surface area contributed by atoms with Crippen molar-refractivity contribution in [3.05, 3.63) is 22.5 Å². The standard InChI is InChI=1S/C15H13F3N2O2S2/c1-8-19-13-11(24-8)5-10(9-3-4-23-14(9)13)22-6-12(21)20(2)7-15(16,17)18/h3-5H,6-7H2,1-2H3. The third-order valence-corrected chi connectivity index (χ3v) is 5.20. The highest BCUT2D eigenvalue weighted by Crippen LogP contribution is 2.38. The van der Waals surface area contributed by atoms with E-state index >= 15 is 0 Å². The molecule has 2 aromatic heterocycles. The topological polar surface area (TPSA) is 42.4 Å². The molecule has 0 atom stereocenters. The molecule has 128 valence electrons. The average Bonchev–Trinajstić information content (AvgIpc) is 3.07. The Kier molecular flexibility index (Phi) is 4.39. The lowest BCUT2D eigenvalue weighted by molar-refractivity contribution is -0.159. The van der Waals surface area contributed by atoms with Crippen molar-refractivity contribution in [3.8, 4) is 5.75 Å². The zero-order valence-corrected chi connectivity index (χ0v) is 14.4. The van der Waals surface area contributed by atoms with E-state index in [1.54, 1.807) is 6.07 Å². The van der Waals surface area contributed by atoms with Crippen molar-refractivity contribution in [1.82, 2.24) is 9.88 Å². The van der Waals surface area contributed by atoms with Gasteiger partial charge in [0.05, 0.1) is 19.9 Å². The third kappa shape index (κ3) is 3.46. The van der Waals surface area contributed by atoms with Crippen LogP contribution < -0.4 is 4.74 Å². The van der Waals surface area contributed by atoms with Crippen molar-refractivity contribution in [2.24, 2.45) is 0 Å². The van der Waals surface area contributed by atoms with E-state index in [2.05, 4.69) is 4.98 Å². The van der Waals surface area contributed by atoms with Crippen molar-refractivity contribution in [2.75, 3.05) is 20.2 Å². The molecule has 0 radical (unpaired) electrons. The van der Waals surface area contributed by atoms with Crippen LogP contribution >= 0.6 is 22.7 Å². The van der Waals surface area contributed by atoms with E-state index in [-0.39, 0.29) is 0 Å². The number of hydrogen-bond donors (Lipinski definition) is 0. The summed E-state index contributed by atoms with van der Waals surface area (Å²) in [7, 11) is 1.11. The van der Waals surface area contributed by atoms with Crippen LogP contribution in [0.25, 0.3) is 20.3 Å². The number of alkyl halides is 3. The zero-order valence-electron chi connectivity index (χ0n) is 12.8. The molecule has 0 N–H and O–H groups in total. The van der Waals surface area contributed by atoms with Gasteiger partial charge >= 0.3 is 6.18 Å². The van der Waals surface area contributed by atoms with Crippen molar-refractivity contribution in [2.45, 2.75) is 13.1 Å². The molecule has 0 saturated carbocycles. The van der Waals surface area contributed by atoms with Gasteiger partial charge < -0.3 is 9.64 Å². The number of benzene rings is 1. The second-order valence-corrected chi connectivity index (χ2v) is 7.42. The molecule has 0 aliphatic carbocycles. The van der Waals surface area contributed by atoms with Gasteiger partial charge in [0.2, 0.25) is 0 Å². The highest BCUT2D eigenvalue weighted by Gasteiger charge is 2.31. The van der Waals surface area contributed by atoms with E-state index in [0.29, 0.717) is 10.6 Å². The molecule has 2 heterocycles. The predicted molar refractivity (Wildman–Crippen MR) is 88.9 cm³/mol. The lowest BCUT2D eigenvalue weighted by Gasteiger charge is -2.19. The molecule has 0 aliphatic heterocycles. The van der Waals surface area contributed by atoms with Gasteiger partial charge in [-0.05, 0) is 18.4 Å². The first-order chi connectivity index (χ1) is 11.2. The van der Waals surface area contributed by atoms with Crippen LogP contribution in [-0.2, 0) is 4.79 Å². The molecule has 0 bridgehead atoms. The summed E-state index contributed by atoms with van der Waals surface area (Å²) in [5.74, 6) is -0.243. The monoisotopic (exact) mass is 374 g/mol. The van der Waals surface area contributed by atoms with Crippen molar-refractivity contribution < 1.29 is 22.7 Å². The third-order valence-electron chi connectivity index (χ3n) is 3.36. The maximum absolute atomic E-state index is 12.3. The zero-order chi connectivity index (χ0) is 17.5. The highest BCUT2D eigenvalue weighted by molar-refractivity contribution is 7.21. The average molecular weight is 374 g/mol. The number of nitrogens with zero attached hydrogens (tertiary/aromatic N) is 2. The Morgan fingerprint density at radius 1 is 1.42 bits per heavy atom. The number of rotatable bonds is 4. The molecule has 0 saturated heterocycles. The molecule has 0 unspecified atom stereocenters. The highest BCUT2D eigenvalue weighted by atomic mass is 32.1. The summed E-state index contributed by atoms with van der Waals surface area (Å²) >= 11 is 3.02. The Bertz CT molecular complexity index is 901. The Hall–Kier alpha value is -1.87. The molecule has 0 aliphatic rings.